The average Bonchev–Trinajstić information content (AvgIpc) is 2.83. The Hall–Kier alpha value is -3.59. The van der Waals surface area contributed by atoms with E-state index in [1.54, 1.807) is 4.90 Å². The zero-order chi connectivity index (χ0) is 23.4. The number of carbonyl (C=O) groups excluding carboxylic acids is 1. The van der Waals surface area contributed by atoms with Crippen molar-refractivity contribution in [2.75, 3.05) is 24.5 Å². The maximum Gasteiger partial charge on any atom is 0.261 e. The first-order chi connectivity index (χ1) is 15.9. The van der Waals surface area contributed by atoms with E-state index in [9.17, 15) is 17.6 Å². The van der Waals surface area contributed by atoms with Crippen molar-refractivity contribution in [2.45, 2.75) is 18.4 Å². The third kappa shape index (κ3) is 4.93. The summed E-state index contributed by atoms with van der Waals surface area (Å²) < 4.78 is 52.6. The van der Waals surface area contributed by atoms with Gasteiger partial charge in [0.05, 0.1) is 10.6 Å². The summed E-state index contributed by atoms with van der Waals surface area (Å²) >= 11 is 0. The minimum absolute atomic E-state index is 0.0759. The van der Waals surface area contributed by atoms with E-state index in [-0.39, 0.29) is 16.5 Å². The van der Waals surface area contributed by atoms with Gasteiger partial charge in [0.15, 0.2) is 11.5 Å². The van der Waals surface area contributed by atoms with Gasteiger partial charge < -0.3 is 14.4 Å². The standard InChI is InChI=1S/C24H23FN2O5S/c1-2-27(16-18-6-5-9-22-23(18)32-15-14-31-22)24(28)17-10-12-19(13-11-17)33(29,30)26-21-8-4-3-7-20(21)25/h3-13,26H,2,14-16H2,1H3. The molecule has 0 unspecified atom stereocenters. The number of para-hydroxylation sites is 2. The lowest BCUT2D eigenvalue weighted by Gasteiger charge is -2.25. The van der Waals surface area contributed by atoms with E-state index in [0.717, 1.165) is 5.56 Å². The molecule has 172 valence electrons. The topological polar surface area (TPSA) is 84.9 Å². The van der Waals surface area contributed by atoms with Crippen LogP contribution >= 0.6 is 0 Å². The fraction of sp³-hybridized carbons (Fsp3) is 0.208. The average molecular weight is 471 g/mol. The van der Waals surface area contributed by atoms with Crippen LogP contribution in [-0.2, 0) is 16.6 Å². The van der Waals surface area contributed by atoms with Gasteiger partial charge in [0.2, 0.25) is 0 Å². The van der Waals surface area contributed by atoms with E-state index in [0.29, 0.717) is 43.4 Å². The number of amides is 1. The molecule has 3 aromatic carbocycles. The van der Waals surface area contributed by atoms with Gasteiger partial charge in [-0.3, -0.25) is 9.52 Å². The van der Waals surface area contributed by atoms with Gasteiger partial charge in [-0.25, -0.2) is 12.8 Å². The molecule has 33 heavy (non-hydrogen) atoms. The Morgan fingerprint density at radius 1 is 1.00 bits per heavy atom. The van der Waals surface area contributed by atoms with Gasteiger partial charge in [-0.05, 0) is 49.4 Å². The van der Waals surface area contributed by atoms with Crippen LogP contribution in [0, 0.1) is 5.82 Å². The molecule has 0 aliphatic carbocycles. The Kier molecular flexibility index (Phi) is 6.50. The lowest BCUT2D eigenvalue weighted by molar-refractivity contribution is 0.0749. The predicted molar refractivity (Wildman–Crippen MR) is 121 cm³/mol. The summed E-state index contributed by atoms with van der Waals surface area (Å²) in [4.78, 5) is 14.6. The fourth-order valence-corrected chi connectivity index (χ4v) is 4.57. The molecule has 1 aliphatic rings. The van der Waals surface area contributed by atoms with Crippen molar-refractivity contribution in [3.8, 4) is 11.5 Å². The molecule has 1 N–H and O–H groups in total. The first kappa shape index (κ1) is 22.6. The molecular weight excluding hydrogens is 447 g/mol. The number of carbonyl (C=O) groups is 1. The van der Waals surface area contributed by atoms with Crippen LogP contribution in [0.15, 0.2) is 71.6 Å². The van der Waals surface area contributed by atoms with Crippen molar-refractivity contribution < 1.29 is 27.1 Å². The molecule has 0 aromatic heterocycles. The number of rotatable bonds is 7. The van der Waals surface area contributed by atoms with Crippen LogP contribution in [-0.4, -0.2) is 39.0 Å². The molecule has 0 fully saturated rings. The highest BCUT2D eigenvalue weighted by Gasteiger charge is 2.22. The Morgan fingerprint density at radius 2 is 1.73 bits per heavy atom. The van der Waals surface area contributed by atoms with E-state index >= 15 is 0 Å². The highest BCUT2D eigenvalue weighted by atomic mass is 32.2. The van der Waals surface area contributed by atoms with Crippen molar-refractivity contribution in [2.24, 2.45) is 0 Å². The Labute approximate surface area is 191 Å². The number of hydrogen-bond donors (Lipinski definition) is 1. The normalized spacial score (nSPS) is 12.8. The second-order valence-corrected chi connectivity index (χ2v) is 9.05. The number of hydrogen-bond acceptors (Lipinski definition) is 5. The number of ether oxygens (including phenoxy) is 2. The second kappa shape index (κ2) is 9.50. The molecule has 0 spiro atoms. The highest BCUT2D eigenvalue weighted by Crippen LogP contribution is 2.34. The molecule has 4 rings (SSSR count). The minimum Gasteiger partial charge on any atom is -0.486 e. The lowest BCUT2D eigenvalue weighted by atomic mass is 10.1. The number of fused-ring (bicyclic) bond motifs is 1. The van der Waals surface area contributed by atoms with Gasteiger partial charge >= 0.3 is 0 Å². The summed E-state index contributed by atoms with van der Waals surface area (Å²) in [6, 6.07) is 16.6. The molecule has 9 heteroatoms. The molecule has 7 nitrogen and oxygen atoms in total. The number of sulfonamides is 1. The fourth-order valence-electron chi connectivity index (χ4n) is 3.50. The van der Waals surface area contributed by atoms with Crippen LogP contribution < -0.4 is 14.2 Å². The van der Waals surface area contributed by atoms with Crippen LogP contribution in [0.25, 0.3) is 0 Å². The number of nitrogens with one attached hydrogen (secondary N) is 1. The minimum atomic E-state index is -4.01. The first-order valence-electron chi connectivity index (χ1n) is 10.4. The zero-order valence-electron chi connectivity index (χ0n) is 18.0. The first-order valence-corrected chi connectivity index (χ1v) is 11.9. The SMILES string of the molecule is CCN(Cc1cccc2c1OCCO2)C(=O)c1ccc(S(=O)(=O)Nc2ccccc2F)cc1. The molecule has 0 saturated carbocycles. The number of halogens is 1. The summed E-state index contributed by atoms with van der Waals surface area (Å²) in [7, 11) is -4.01. The zero-order valence-corrected chi connectivity index (χ0v) is 18.8. The highest BCUT2D eigenvalue weighted by molar-refractivity contribution is 7.92. The number of benzene rings is 3. The Morgan fingerprint density at radius 3 is 2.45 bits per heavy atom. The van der Waals surface area contributed by atoms with E-state index in [4.69, 9.17) is 9.47 Å². The molecule has 0 saturated heterocycles. The lowest BCUT2D eigenvalue weighted by Crippen LogP contribution is -2.31. The van der Waals surface area contributed by atoms with Gasteiger partial charge in [-0.1, -0.05) is 24.3 Å². The van der Waals surface area contributed by atoms with E-state index in [1.165, 1.54) is 48.5 Å². The van der Waals surface area contributed by atoms with Crippen LogP contribution in [0.3, 0.4) is 0 Å². The van der Waals surface area contributed by atoms with Crippen LogP contribution in [0.4, 0.5) is 10.1 Å². The Bertz CT molecular complexity index is 1260. The van der Waals surface area contributed by atoms with Gasteiger partial charge in [-0.15, -0.1) is 0 Å². The van der Waals surface area contributed by atoms with Crippen LogP contribution in [0.5, 0.6) is 11.5 Å². The molecule has 0 atom stereocenters. The molecule has 0 radical (unpaired) electrons. The summed E-state index contributed by atoms with van der Waals surface area (Å²) in [5.41, 5.74) is 1.02. The number of nitrogens with zero attached hydrogens (tertiary/aromatic N) is 1. The molecule has 1 heterocycles. The second-order valence-electron chi connectivity index (χ2n) is 7.37. The maximum absolute atomic E-state index is 13.8. The molecule has 3 aromatic rings. The smallest absolute Gasteiger partial charge is 0.261 e. The van der Waals surface area contributed by atoms with Crippen molar-refractivity contribution in [3.63, 3.8) is 0 Å². The molecule has 1 amide bonds. The third-order valence-electron chi connectivity index (χ3n) is 5.21. The van der Waals surface area contributed by atoms with E-state index < -0.39 is 15.8 Å². The Balaban J connectivity index is 1.51. The van der Waals surface area contributed by atoms with Crippen LogP contribution in [0.1, 0.15) is 22.8 Å². The van der Waals surface area contributed by atoms with Crippen molar-refractivity contribution >= 4 is 21.6 Å². The van der Waals surface area contributed by atoms with E-state index in [2.05, 4.69) is 4.72 Å². The summed E-state index contributed by atoms with van der Waals surface area (Å²) in [6.07, 6.45) is 0. The van der Waals surface area contributed by atoms with Crippen molar-refractivity contribution in [1.29, 1.82) is 0 Å². The monoisotopic (exact) mass is 470 g/mol. The largest absolute Gasteiger partial charge is 0.486 e. The summed E-state index contributed by atoms with van der Waals surface area (Å²) in [5, 5.41) is 0. The van der Waals surface area contributed by atoms with Crippen molar-refractivity contribution in [3.05, 3.63) is 83.7 Å². The maximum atomic E-state index is 13.8. The number of anilines is 1. The van der Waals surface area contributed by atoms with Gasteiger partial charge in [0, 0.05) is 24.2 Å². The quantitative estimate of drug-likeness (QED) is 0.563. The van der Waals surface area contributed by atoms with Gasteiger partial charge in [0.1, 0.15) is 19.0 Å². The third-order valence-corrected chi connectivity index (χ3v) is 6.59. The van der Waals surface area contributed by atoms with Crippen LogP contribution in [0.2, 0.25) is 0 Å². The molecular formula is C24H23FN2O5S. The van der Waals surface area contributed by atoms with E-state index in [1.807, 2.05) is 25.1 Å². The van der Waals surface area contributed by atoms with Gasteiger partial charge in [-0.2, -0.15) is 0 Å². The van der Waals surface area contributed by atoms with Gasteiger partial charge in [0.25, 0.3) is 15.9 Å². The molecule has 1 aliphatic heterocycles. The summed E-state index contributed by atoms with van der Waals surface area (Å²) in [5.74, 6) is 0.358. The predicted octanol–water partition coefficient (Wildman–Crippen LogP) is 4.06. The summed E-state index contributed by atoms with van der Waals surface area (Å²) in [6.45, 7) is 3.55. The van der Waals surface area contributed by atoms with Crippen molar-refractivity contribution in [1.82, 2.24) is 4.90 Å². The molecule has 0 bridgehead atoms.